The Hall–Kier alpha value is -4.37. The third-order valence-electron chi connectivity index (χ3n) is 8.22. The molecule has 7 aromatic rings. The molecule has 7 rings (SSSR count). The Bertz CT molecular complexity index is 2110. The van der Waals surface area contributed by atoms with Gasteiger partial charge in [-0.05, 0) is 68.1 Å². The van der Waals surface area contributed by atoms with Crippen LogP contribution in [0.3, 0.4) is 0 Å². The number of aryl methyl sites for hydroxylation is 1. The average Bonchev–Trinajstić information content (AvgIpc) is 3.41. The zero-order valence-electron chi connectivity index (χ0n) is 23.2. The lowest BCUT2D eigenvalue weighted by Crippen LogP contribution is -2.55. The Morgan fingerprint density at radius 1 is 0.548 bits per heavy atom. The van der Waals surface area contributed by atoms with E-state index in [-0.39, 0.29) is 16.4 Å². The van der Waals surface area contributed by atoms with Crippen molar-refractivity contribution >= 4 is 99.1 Å². The summed E-state index contributed by atoms with van der Waals surface area (Å²) in [5.41, 5.74) is 8.13. The lowest BCUT2D eigenvalue weighted by molar-refractivity contribution is 0.908. The maximum absolute atomic E-state index is 6.61. The molecular weight excluding hydrogens is 502 g/mol. The van der Waals surface area contributed by atoms with E-state index in [0.29, 0.717) is 16.5 Å². The summed E-state index contributed by atoms with van der Waals surface area (Å²) in [6.07, 6.45) is 0.816. The first-order valence-corrected chi connectivity index (χ1v) is 13.9. The SMILES string of the molecule is [B]c1c([B])c([B])c(-c2c3ccccc3c(-c3cccc(-n4c(CC)nc5ccccc54)c3)c3ccccc23)c([B])c1[B]. The third kappa shape index (κ3) is 3.90. The summed E-state index contributed by atoms with van der Waals surface area (Å²) in [7, 11) is 32.0. The van der Waals surface area contributed by atoms with Gasteiger partial charge in [0.1, 0.15) is 45.1 Å². The van der Waals surface area contributed by atoms with Gasteiger partial charge in [0.25, 0.3) is 0 Å². The molecule has 0 spiro atoms. The molecule has 0 fully saturated rings. The molecule has 186 valence electrons. The minimum absolute atomic E-state index is 0.203. The molecule has 0 aliphatic heterocycles. The maximum atomic E-state index is 6.61. The fourth-order valence-corrected chi connectivity index (χ4v) is 6.23. The number of nitrogens with zero attached hydrogens (tertiary/aromatic N) is 2. The molecule has 0 amide bonds. The molecule has 1 heterocycles. The smallest absolute Gasteiger partial charge is 0.114 e. The predicted molar refractivity (Wildman–Crippen MR) is 183 cm³/mol. The zero-order chi connectivity index (χ0) is 29.1. The van der Waals surface area contributed by atoms with Crippen LogP contribution in [0.25, 0.3) is 60.5 Å². The first-order chi connectivity index (χ1) is 20.4. The van der Waals surface area contributed by atoms with Crippen LogP contribution < -0.4 is 27.3 Å². The Labute approximate surface area is 252 Å². The highest BCUT2D eigenvalue weighted by atomic mass is 15.1. The lowest BCUT2D eigenvalue weighted by Gasteiger charge is -2.25. The molecule has 1 aromatic heterocycles. The monoisotopic (exact) mass is 524 g/mol. The van der Waals surface area contributed by atoms with Gasteiger partial charge in [-0.3, -0.25) is 4.57 Å². The fourth-order valence-electron chi connectivity index (χ4n) is 6.23. The van der Waals surface area contributed by atoms with Crippen LogP contribution >= 0.6 is 0 Å². The van der Waals surface area contributed by atoms with E-state index < -0.39 is 0 Å². The van der Waals surface area contributed by atoms with E-state index in [1.807, 2.05) is 30.3 Å². The van der Waals surface area contributed by atoms with Crippen LogP contribution in [0.4, 0.5) is 0 Å². The number of rotatable bonds is 4. The molecule has 6 aromatic carbocycles. The van der Waals surface area contributed by atoms with Gasteiger partial charge in [0.05, 0.1) is 11.0 Å². The van der Waals surface area contributed by atoms with E-state index in [9.17, 15) is 0 Å². The van der Waals surface area contributed by atoms with Gasteiger partial charge in [0.2, 0.25) is 0 Å². The highest BCUT2D eigenvalue weighted by Crippen LogP contribution is 2.43. The van der Waals surface area contributed by atoms with Gasteiger partial charge in [-0.1, -0.05) is 90.6 Å². The molecule has 0 bridgehead atoms. The zero-order valence-corrected chi connectivity index (χ0v) is 23.2. The normalized spacial score (nSPS) is 11.5. The molecule has 0 unspecified atom stereocenters. The van der Waals surface area contributed by atoms with Crippen LogP contribution in [-0.2, 0) is 6.42 Å². The summed E-state index contributed by atoms with van der Waals surface area (Å²) in [6.45, 7) is 2.13. The van der Waals surface area contributed by atoms with E-state index in [0.717, 1.165) is 67.2 Å². The number of imidazole rings is 1. The first kappa shape index (κ1) is 26.5. The fraction of sp³-hybridized carbons (Fsp3) is 0.0571. The van der Waals surface area contributed by atoms with Crippen molar-refractivity contribution in [1.82, 2.24) is 9.55 Å². The third-order valence-corrected chi connectivity index (χ3v) is 8.22. The standard InChI is InChI=1S/C35H21B5N2/c1-2-27-41-25-16-7-8-17-26(25)42(27)20-11-9-10-19(18-20)28-21-12-3-5-14-23(21)29(24-15-6-4-13-22(24)28)30-31(36)33(38)35(40)34(39)32(30)37/h3-18H,2H2,1H3. The maximum Gasteiger partial charge on any atom is 0.114 e. The number of benzene rings is 6. The van der Waals surface area contributed by atoms with Crippen molar-refractivity contribution in [3.63, 3.8) is 0 Å². The molecule has 0 saturated carbocycles. The van der Waals surface area contributed by atoms with Gasteiger partial charge in [-0.2, -0.15) is 0 Å². The minimum Gasteiger partial charge on any atom is -0.296 e. The lowest BCUT2D eigenvalue weighted by atomic mass is 9.59. The molecule has 0 N–H and O–H groups in total. The summed E-state index contributed by atoms with van der Waals surface area (Å²) < 4.78 is 2.25. The van der Waals surface area contributed by atoms with Crippen LogP contribution in [0.15, 0.2) is 97.1 Å². The molecule has 7 heteroatoms. The van der Waals surface area contributed by atoms with Crippen molar-refractivity contribution in [2.45, 2.75) is 13.3 Å². The van der Waals surface area contributed by atoms with Gasteiger partial charge in [0, 0.05) is 12.1 Å². The Balaban J connectivity index is 1.57. The summed E-state index contributed by atoms with van der Waals surface area (Å²) in [5, 5.41) is 4.09. The van der Waals surface area contributed by atoms with E-state index >= 15 is 0 Å². The highest BCUT2D eigenvalue weighted by molar-refractivity contribution is 6.69. The summed E-state index contributed by atoms with van der Waals surface area (Å²) >= 11 is 0. The minimum atomic E-state index is 0.203. The summed E-state index contributed by atoms with van der Waals surface area (Å²) in [4.78, 5) is 4.90. The topological polar surface area (TPSA) is 17.8 Å². The van der Waals surface area contributed by atoms with Gasteiger partial charge >= 0.3 is 0 Å². The average molecular weight is 524 g/mol. The predicted octanol–water partition coefficient (Wildman–Crippen LogP) is 3.20. The molecule has 0 saturated heterocycles. The van der Waals surface area contributed by atoms with Crippen LogP contribution in [0.1, 0.15) is 12.7 Å². The number of aromatic nitrogens is 2. The van der Waals surface area contributed by atoms with Crippen LogP contribution in [0, 0.1) is 0 Å². The number of fused-ring (bicyclic) bond motifs is 3. The van der Waals surface area contributed by atoms with Gasteiger partial charge in [-0.25, -0.2) is 4.98 Å². The molecule has 2 nitrogen and oxygen atoms in total. The van der Waals surface area contributed by atoms with Crippen LogP contribution in [0.5, 0.6) is 0 Å². The Kier molecular flexibility index (Phi) is 6.42. The summed E-state index contributed by atoms with van der Waals surface area (Å²) in [6, 6.07) is 33.5. The molecule has 0 aliphatic rings. The van der Waals surface area contributed by atoms with E-state index in [4.69, 9.17) is 44.2 Å². The van der Waals surface area contributed by atoms with Crippen molar-refractivity contribution in [2.75, 3.05) is 0 Å². The molecular formula is C35H21B5N2. The van der Waals surface area contributed by atoms with Crippen molar-refractivity contribution in [3.05, 3.63) is 103 Å². The van der Waals surface area contributed by atoms with Crippen molar-refractivity contribution < 1.29 is 0 Å². The molecule has 0 atom stereocenters. The van der Waals surface area contributed by atoms with Gasteiger partial charge in [-0.15, -0.1) is 16.4 Å². The Morgan fingerprint density at radius 3 is 1.67 bits per heavy atom. The van der Waals surface area contributed by atoms with E-state index in [2.05, 4.69) is 78.2 Å². The number of para-hydroxylation sites is 2. The van der Waals surface area contributed by atoms with Crippen molar-refractivity contribution in [1.29, 1.82) is 0 Å². The van der Waals surface area contributed by atoms with Crippen LogP contribution in [-0.4, -0.2) is 48.8 Å². The van der Waals surface area contributed by atoms with Crippen molar-refractivity contribution in [3.8, 4) is 27.9 Å². The van der Waals surface area contributed by atoms with Crippen LogP contribution in [0.2, 0.25) is 0 Å². The highest BCUT2D eigenvalue weighted by Gasteiger charge is 2.21. The Morgan fingerprint density at radius 2 is 1.07 bits per heavy atom. The largest absolute Gasteiger partial charge is 0.296 e. The second-order valence-electron chi connectivity index (χ2n) is 10.5. The first-order valence-electron chi connectivity index (χ1n) is 13.9. The second kappa shape index (κ2) is 10.2. The van der Waals surface area contributed by atoms with Gasteiger partial charge in [0.15, 0.2) is 0 Å². The number of hydrogen-bond acceptors (Lipinski definition) is 1. The van der Waals surface area contributed by atoms with Gasteiger partial charge < -0.3 is 0 Å². The molecule has 0 aliphatic carbocycles. The number of hydrogen-bond donors (Lipinski definition) is 0. The second-order valence-corrected chi connectivity index (χ2v) is 10.5. The molecule has 42 heavy (non-hydrogen) atoms. The van der Waals surface area contributed by atoms with E-state index in [1.165, 1.54) is 0 Å². The van der Waals surface area contributed by atoms with E-state index in [1.54, 1.807) is 0 Å². The quantitative estimate of drug-likeness (QED) is 0.256. The summed E-state index contributed by atoms with van der Waals surface area (Å²) in [5.74, 6) is 1.02. The van der Waals surface area contributed by atoms with Crippen molar-refractivity contribution in [2.24, 2.45) is 0 Å². The molecule has 10 radical (unpaired) electrons.